The Morgan fingerprint density at radius 3 is 1.69 bits per heavy atom. The Kier molecular flexibility index (Phi) is 8.61. The first-order valence-electron chi connectivity index (χ1n) is 30.8. The summed E-state index contributed by atoms with van der Waals surface area (Å²) in [5.41, 5.74) is -4.65. The molecule has 0 aliphatic heterocycles. The minimum absolute atomic E-state index is 0. The Hall–Kier alpha value is -6.85. The van der Waals surface area contributed by atoms with Crippen molar-refractivity contribution in [1.82, 2.24) is 15.0 Å². The van der Waals surface area contributed by atoms with Crippen LogP contribution in [0.1, 0.15) is 85.8 Å². The van der Waals surface area contributed by atoms with Gasteiger partial charge in [0.15, 0.2) is 11.4 Å². The molecule has 0 aliphatic carbocycles. The van der Waals surface area contributed by atoms with Gasteiger partial charge in [-0.3, -0.25) is 0 Å². The van der Waals surface area contributed by atoms with Crippen LogP contribution in [-0.2, 0) is 64.7 Å². The normalized spacial score (nSPS) is 17.1. The van der Waals surface area contributed by atoms with Gasteiger partial charge in [-0.15, -0.1) is 90.0 Å². The van der Waals surface area contributed by atoms with E-state index >= 15 is 4.39 Å². The molecule has 6 heteroatoms. The Morgan fingerprint density at radius 2 is 1.13 bits per heavy atom. The maximum absolute atomic E-state index is 16.8. The number of halogens is 1. The molecule has 0 aliphatic rings. The number of aryl methyl sites for hydroxylation is 6. The minimum Gasteiger partial charge on any atom is -0.497 e. The molecule has 0 fully saturated rings. The molecule has 0 N–H and O–H groups in total. The fourth-order valence-corrected chi connectivity index (χ4v) is 7.37. The van der Waals surface area contributed by atoms with Crippen molar-refractivity contribution in [3.63, 3.8) is 0 Å². The van der Waals surface area contributed by atoms with Crippen molar-refractivity contribution < 1.29 is 55.0 Å². The summed E-state index contributed by atoms with van der Waals surface area (Å²) in [6.07, 6.45) is -18.9. The summed E-state index contributed by atoms with van der Waals surface area (Å²) < 4.78 is 198. The van der Waals surface area contributed by atoms with E-state index in [2.05, 4.69) is 33.2 Å². The molecule has 68 heavy (non-hydrogen) atoms. The van der Waals surface area contributed by atoms with Gasteiger partial charge in [0.2, 0.25) is 0 Å². The minimum atomic E-state index is -3.46. The maximum atomic E-state index is 16.8. The zero-order valence-corrected chi connectivity index (χ0v) is 39.1. The monoisotopic (exact) mass is 1080 g/mol. The molecule has 0 amide bonds. The zero-order chi connectivity index (χ0) is 62.6. The van der Waals surface area contributed by atoms with Crippen LogP contribution in [-0.4, -0.2) is 15.0 Å². The van der Waals surface area contributed by atoms with Crippen LogP contribution >= 0.6 is 0 Å². The van der Waals surface area contributed by atoms with Gasteiger partial charge in [0, 0.05) is 48.7 Å². The number of hydrogen-bond donors (Lipinski definition) is 0. The second-order valence-corrected chi connectivity index (χ2v) is 16.5. The zero-order valence-electron chi connectivity index (χ0n) is 55.7. The second kappa shape index (κ2) is 20.6. The van der Waals surface area contributed by atoms with Crippen molar-refractivity contribution >= 4 is 21.9 Å². The van der Waals surface area contributed by atoms with Crippen LogP contribution in [0.2, 0.25) is 0 Å². The molecule has 336 valence electrons. The molecule has 4 nitrogen and oxygen atoms in total. The fraction of sp³-hybridized carbons (Fsp3) is 0.177. The average Bonchev–Trinajstić information content (AvgIpc) is 1.40. The van der Waals surface area contributed by atoms with Gasteiger partial charge in [0.25, 0.3) is 0 Å². The Labute approximate surface area is 439 Å². The molecule has 0 saturated heterocycles. The largest absolute Gasteiger partial charge is 3.00 e. The van der Waals surface area contributed by atoms with E-state index in [-0.39, 0.29) is 64.6 Å². The van der Waals surface area contributed by atoms with Gasteiger partial charge in [0.05, 0.1) is 12.4 Å². The summed E-state index contributed by atoms with van der Waals surface area (Å²) in [6.45, 7) is 4.58. The number of rotatable bonds is 14. The van der Waals surface area contributed by atoms with E-state index < -0.39 is 119 Å². The Bertz CT molecular complexity index is 4120. The van der Waals surface area contributed by atoms with Gasteiger partial charge in [-0.1, -0.05) is 123 Å². The molecular weight excluding hydrogens is 1010 g/mol. The van der Waals surface area contributed by atoms with Crippen LogP contribution < -0.4 is 0 Å². The number of fused-ring (bicyclic) bond motifs is 3. The van der Waals surface area contributed by atoms with Crippen LogP contribution in [0.5, 0.6) is 0 Å². The summed E-state index contributed by atoms with van der Waals surface area (Å²) in [6, 6.07) is 34.4. The van der Waals surface area contributed by atoms with E-state index in [0.29, 0.717) is 27.9 Å². The fourth-order valence-electron chi connectivity index (χ4n) is 7.37. The standard InChI is InChI=1S/C62H51FN3O.Ir/c1-62(2,3)38-51-37-58(55-21-13-20-53-54-31-30-52(47-14-7-4-8-15-47)59(63)61(54)67-60(53)55)66-41-50(51)29-26-46-35-44(24-22-42-27-32-56(64-39-42)48-16-9-5-10-17-48)34-45(36-46)25-23-43-28-33-57(65-40-43)49-18-11-6-12-19-49;/h4-16,18,20,27-28,30-37,39-41H,22-26,29,38H2,1-3H3;/q-3;+3/i4D,7D,8D,14D,15D,22D2,23D2,24D2,25D2,26D2,29D2,38D2;. The van der Waals surface area contributed by atoms with E-state index in [4.69, 9.17) is 11.3 Å². The topological polar surface area (TPSA) is 51.8 Å². The summed E-state index contributed by atoms with van der Waals surface area (Å²) >= 11 is 0. The number of aromatic nitrogens is 3. The van der Waals surface area contributed by atoms with Gasteiger partial charge in [-0.05, 0) is 112 Å². The summed E-state index contributed by atoms with van der Waals surface area (Å²) in [5, 5.41) is 0.486. The number of furan rings is 1. The van der Waals surface area contributed by atoms with Gasteiger partial charge in [-0.2, -0.15) is 0 Å². The number of hydrogen-bond acceptors (Lipinski definition) is 4. The van der Waals surface area contributed by atoms with Crippen LogP contribution in [0.4, 0.5) is 4.39 Å². The third-order valence-corrected chi connectivity index (χ3v) is 10.5. The maximum Gasteiger partial charge on any atom is 3.00 e. The van der Waals surface area contributed by atoms with Crippen LogP contribution in [0.25, 0.3) is 66.8 Å². The molecule has 0 saturated carbocycles. The number of nitrogens with zero attached hydrogens (tertiary/aromatic N) is 3. The van der Waals surface area contributed by atoms with E-state index in [9.17, 15) is 19.2 Å². The van der Waals surface area contributed by atoms with Crippen LogP contribution in [0.3, 0.4) is 0 Å². The number of pyridine rings is 3. The molecule has 6 aromatic carbocycles. The third-order valence-electron chi connectivity index (χ3n) is 10.5. The third kappa shape index (κ3) is 10.6. The SMILES string of the molecule is [2H]c1c([2H])c([2H])c(-c2ccc3c(oc4c(-c5cc(C([2H])([2H])C(C)(C)C)c(C([2H])([2H])C([2H])([2H])c6cc(C([2H])([2H])C([2H])([2H])c7ccc(-c8[c-]cccc8)nc7)cc(C([2H])([2H])C([2H])([2H])c7ccc(-c8[c-]cccc8)nc7)c6)cn5)[c-]ccc43)c2F)c([2H])c1[2H].[Ir+3]. The molecule has 10 aromatic rings. The Balaban J connectivity index is 0.00000902. The van der Waals surface area contributed by atoms with Crippen molar-refractivity contribution in [3.05, 3.63) is 233 Å². The molecule has 4 heterocycles. The molecule has 0 radical (unpaired) electrons. The molecule has 10 rings (SSSR count). The van der Waals surface area contributed by atoms with E-state index in [0.717, 1.165) is 36.8 Å². The molecule has 0 atom stereocenters. The number of benzene rings is 6. The van der Waals surface area contributed by atoms with Gasteiger partial charge >= 0.3 is 20.1 Å². The van der Waals surface area contributed by atoms with Crippen molar-refractivity contribution in [1.29, 1.82) is 0 Å². The van der Waals surface area contributed by atoms with Crippen molar-refractivity contribution in [2.75, 3.05) is 0 Å². The summed E-state index contributed by atoms with van der Waals surface area (Å²) in [5.74, 6) is -1.06. The predicted octanol–water partition coefficient (Wildman–Crippen LogP) is 14.9. The molecular formula is C62H51FIrN3O. The molecule has 0 unspecified atom stereocenters. The van der Waals surface area contributed by atoms with Gasteiger partial charge in [0.1, 0.15) is 0 Å². The van der Waals surface area contributed by atoms with Crippen LogP contribution in [0, 0.1) is 29.4 Å². The smallest absolute Gasteiger partial charge is 0.497 e. The van der Waals surface area contributed by atoms with E-state index in [1.807, 2.05) is 0 Å². The predicted molar refractivity (Wildman–Crippen MR) is 270 cm³/mol. The van der Waals surface area contributed by atoms with Crippen molar-refractivity contribution in [2.24, 2.45) is 5.41 Å². The van der Waals surface area contributed by atoms with Crippen LogP contribution in [0.15, 0.2) is 175 Å². The van der Waals surface area contributed by atoms with Gasteiger partial charge < -0.3 is 19.4 Å². The quantitative estimate of drug-likeness (QED) is 0.102. The van der Waals surface area contributed by atoms with E-state index in [1.54, 1.807) is 54.6 Å². The van der Waals surface area contributed by atoms with Gasteiger partial charge in [-0.25, -0.2) is 4.39 Å². The summed E-state index contributed by atoms with van der Waals surface area (Å²) in [7, 11) is 0. The van der Waals surface area contributed by atoms with Crippen molar-refractivity contribution in [3.8, 4) is 44.9 Å². The second-order valence-electron chi connectivity index (χ2n) is 16.5. The first kappa shape index (κ1) is 28.5. The molecule has 4 aromatic heterocycles. The van der Waals surface area contributed by atoms with Crippen molar-refractivity contribution in [2.45, 2.75) is 65.4 Å². The first-order valence-corrected chi connectivity index (χ1v) is 21.3. The van der Waals surface area contributed by atoms with E-state index in [1.165, 1.54) is 69.3 Å². The molecule has 0 bridgehead atoms. The Morgan fingerprint density at radius 1 is 0.559 bits per heavy atom. The first-order chi connectivity index (χ1) is 40.1. The summed E-state index contributed by atoms with van der Waals surface area (Å²) in [4.78, 5) is 13.3. The molecule has 0 spiro atoms. The average molecular weight is 1080 g/mol.